The normalized spacial score (nSPS) is 11.3. The summed E-state index contributed by atoms with van der Waals surface area (Å²) in [5.74, 6) is -1.10. The number of carbonyl (C=O) groups excluding carboxylic acids is 3. The molecule has 3 rings (SSSR count). The quantitative estimate of drug-likeness (QED) is 0.455. The van der Waals surface area contributed by atoms with Gasteiger partial charge in [-0.1, -0.05) is 59.3 Å². The first-order valence-electron chi connectivity index (χ1n) is 10.2. The summed E-state index contributed by atoms with van der Waals surface area (Å²) in [6.45, 7) is 1.84. The second-order valence-electron chi connectivity index (χ2n) is 7.42. The van der Waals surface area contributed by atoms with Crippen molar-refractivity contribution in [3.63, 3.8) is 0 Å². The molecule has 0 aliphatic heterocycles. The van der Waals surface area contributed by atoms with Crippen LogP contribution in [0.4, 0.5) is 11.4 Å². The third-order valence-corrected chi connectivity index (χ3v) is 5.29. The lowest BCUT2D eigenvalue weighted by Crippen LogP contribution is -2.42. The van der Waals surface area contributed by atoms with Crippen LogP contribution in [0, 0.1) is 5.92 Å². The highest BCUT2D eigenvalue weighted by atomic mass is 79.9. The third kappa shape index (κ3) is 6.52. The van der Waals surface area contributed by atoms with Gasteiger partial charge in [0.25, 0.3) is 5.91 Å². The van der Waals surface area contributed by atoms with Crippen molar-refractivity contribution in [2.75, 3.05) is 4.90 Å². The molecule has 0 radical (unpaired) electrons. The predicted octanol–water partition coefficient (Wildman–Crippen LogP) is 4.99. The molecule has 0 fully saturated rings. The molecule has 0 aliphatic rings. The number of amides is 3. The highest BCUT2D eigenvalue weighted by molar-refractivity contribution is 9.10. The topological polar surface area (TPSA) is 78.5 Å². The summed E-state index contributed by atoms with van der Waals surface area (Å²) < 4.78 is 0.858. The lowest BCUT2D eigenvalue weighted by molar-refractivity contribution is -0.123. The van der Waals surface area contributed by atoms with Crippen LogP contribution in [0.25, 0.3) is 0 Å². The minimum atomic E-state index is -0.408. The van der Waals surface area contributed by atoms with Gasteiger partial charge in [-0.05, 0) is 54.4 Å². The number of anilines is 2. The zero-order valence-corrected chi connectivity index (χ0v) is 19.2. The molecule has 0 saturated carbocycles. The van der Waals surface area contributed by atoms with Crippen LogP contribution in [0.5, 0.6) is 0 Å². The fraction of sp³-hybridized carbons (Fsp3) is 0.160. The average Bonchev–Trinajstić information content (AvgIpc) is 2.79. The van der Waals surface area contributed by atoms with Gasteiger partial charge in [0, 0.05) is 34.3 Å². The van der Waals surface area contributed by atoms with E-state index in [1.807, 2.05) is 67.6 Å². The van der Waals surface area contributed by atoms with Crippen molar-refractivity contribution in [1.82, 2.24) is 10.9 Å². The molecule has 0 saturated heterocycles. The van der Waals surface area contributed by atoms with Crippen molar-refractivity contribution in [2.24, 2.45) is 5.92 Å². The zero-order chi connectivity index (χ0) is 22.9. The second kappa shape index (κ2) is 11.2. The molecule has 6 nitrogen and oxygen atoms in total. The predicted molar refractivity (Wildman–Crippen MR) is 128 cm³/mol. The molecule has 0 aromatic heterocycles. The Morgan fingerprint density at radius 2 is 1.31 bits per heavy atom. The van der Waals surface area contributed by atoms with E-state index in [0.29, 0.717) is 5.56 Å². The third-order valence-electron chi connectivity index (χ3n) is 4.76. The molecular formula is C25H24BrN3O3. The largest absolute Gasteiger partial charge is 0.281 e. The first kappa shape index (κ1) is 23.2. The maximum absolute atomic E-state index is 13.1. The van der Waals surface area contributed by atoms with Crippen molar-refractivity contribution in [2.45, 2.75) is 19.8 Å². The molecule has 7 heteroatoms. The van der Waals surface area contributed by atoms with Crippen LogP contribution in [-0.4, -0.2) is 17.7 Å². The zero-order valence-electron chi connectivity index (χ0n) is 17.6. The Morgan fingerprint density at radius 1 is 0.781 bits per heavy atom. The van der Waals surface area contributed by atoms with Gasteiger partial charge in [0.2, 0.25) is 11.8 Å². The molecule has 0 bridgehead atoms. The molecule has 3 amide bonds. The van der Waals surface area contributed by atoms with E-state index in [1.165, 1.54) is 0 Å². The van der Waals surface area contributed by atoms with E-state index < -0.39 is 5.91 Å². The first-order chi connectivity index (χ1) is 15.4. The number of nitrogens with one attached hydrogen (secondary N) is 2. The van der Waals surface area contributed by atoms with Gasteiger partial charge in [0.15, 0.2) is 0 Å². The summed E-state index contributed by atoms with van der Waals surface area (Å²) in [4.78, 5) is 39.2. The van der Waals surface area contributed by atoms with Crippen LogP contribution < -0.4 is 15.8 Å². The van der Waals surface area contributed by atoms with Gasteiger partial charge in [-0.15, -0.1) is 0 Å². The molecule has 1 unspecified atom stereocenters. The summed E-state index contributed by atoms with van der Waals surface area (Å²) in [5.41, 5.74) is 6.78. The highest BCUT2D eigenvalue weighted by Crippen LogP contribution is 2.27. The average molecular weight is 494 g/mol. The Labute approximate surface area is 195 Å². The van der Waals surface area contributed by atoms with E-state index in [9.17, 15) is 14.4 Å². The molecule has 1 atom stereocenters. The molecular weight excluding hydrogens is 470 g/mol. The number of halogens is 1. The van der Waals surface area contributed by atoms with Crippen molar-refractivity contribution in [1.29, 1.82) is 0 Å². The van der Waals surface area contributed by atoms with Gasteiger partial charge in [0.05, 0.1) is 0 Å². The standard InChI is InChI=1S/C25H24BrN3O3/c1-18(16-23(30)27-28-25(32)19-12-14-20(26)15-13-19)17-24(31)29(21-8-4-2-5-9-21)22-10-6-3-7-11-22/h2-15,18H,16-17H2,1H3,(H,27,30)(H,28,32). The van der Waals surface area contributed by atoms with Crippen LogP contribution in [0.1, 0.15) is 30.1 Å². The molecule has 0 aliphatic carbocycles. The van der Waals surface area contributed by atoms with Gasteiger partial charge >= 0.3 is 0 Å². The Balaban J connectivity index is 1.57. The van der Waals surface area contributed by atoms with Crippen LogP contribution in [0.3, 0.4) is 0 Å². The molecule has 32 heavy (non-hydrogen) atoms. The maximum Gasteiger partial charge on any atom is 0.269 e. The Bertz CT molecular complexity index is 1020. The van der Waals surface area contributed by atoms with Crippen molar-refractivity contribution >= 4 is 45.0 Å². The molecule has 3 aromatic rings. The number of carbonyl (C=O) groups is 3. The Kier molecular flexibility index (Phi) is 8.16. The number of nitrogens with zero attached hydrogens (tertiary/aromatic N) is 1. The summed E-state index contributed by atoms with van der Waals surface area (Å²) in [7, 11) is 0. The van der Waals surface area contributed by atoms with Gasteiger partial charge in [-0.25, -0.2) is 0 Å². The second-order valence-corrected chi connectivity index (χ2v) is 8.34. The fourth-order valence-electron chi connectivity index (χ4n) is 3.22. The number of hydrazine groups is 1. The lowest BCUT2D eigenvalue weighted by Gasteiger charge is -2.24. The summed E-state index contributed by atoms with van der Waals surface area (Å²) >= 11 is 3.31. The number of benzene rings is 3. The number of hydrogen-bond donors (Lipinski definition) is 2. The molecule has 3 aromatic carbocycles. The summed E-state index contributed by atoms with van der Waals surface area (Å²) in [6.07, 6.45) is 0.279. The van der Waals surface area contributed by atoms with Gasteiger partial charge < -0.3 is 0 Å². The number of para-hydroxylation sites is 2. The van der Waals surface area contributed by atoms with E-state index >= 15 is 0 Å². The van der Waals surface area contributed by atoms with E-state index in [4.69, 9.17) is 0 Å². The smallest absolute Gasteiger partial charge is 0.269 e. The first-order valence-corrected chi connectivity index (χ1v) is 11.0. The number of hydrogen-bond acceptors (Lipinski definition) is 3. The van der Waals surface area contributed by atoms with Crippen molar-refractivity contribution < 1.29 is 14.4 Å². The highest BCUT2D eigenvalue weighted by Gasteiger charge is 2.21. The minimum absolute atomic E-state index is 0.101. The Morgan fingerprint density at radius 3 is 1.84 bits per heavy atom. The van der Waals surface area contributed by atoms with Crippen LogP contribution in [-0.2, 0) is 9.59 Å². The van der Waals surface area contributed by atoms with Crippen LogP contribution in [0.15, 0.2) is 89.4 Å². The van der Waals surface area contributed by atoms with Crippen LogP contribution in [0.2, 0.25) is 0 Å². The SMILES string of the molecule is CC(CC(=O)NNC(=O)c1ccc(Br)cc1)CC(=O)N(c1ccccc1)c1ccccc1. The lowest BCUT2D eigenvalue weighted by atomic mass is 10.0. The Hall–Kier alpha value is -3.45. The van der Waals surface area contributed by atoms with E-state index in [1.54, 1.807) is 29.2 Å². The monoisotopic (exact) mass is 493 g/mol. The number of rotatable bonds is 7. The van der Waals surface area contributed by atoms with Crippen molar-refractivity contribution in [3.05, 3.63) is 95.0 Å². The summed E-state index contributed by atoms with van der Waals surface area (Å²) in [5, 5.41) is 0. The molecule has 2 N–H and O–H groups in total. The summed E-state index contributed by atoms with van der Waals surface area (Å²) in [6, 6.07) is 25.6. The van der Waals surface area contributed by atoms with Crippen LogP contribution >= 0.6 is 15.9 Å². The molecule has 0 spiro atoms. The van der Waals surface area contributed by atoms with Gasteiger partial charge in [-0.2, -0.15) is 0 Å². The fourth-order valence-corrected chi connectivity index (χ4v) is 3.48. The van der Waals surface area contributed by atoms with Gasteiger partial charge in [0.1, 0.15) is 0 Å². The minimum Gasteiger partial charge on any atom is -0.281 e. The molecule has 0 heterocycles. The molecule has 164 valence electrons. The van der Waals surface area contributed by atoms with Gasteiger partial charge in [-0.3, -0.25) is 30.1 Å². The van der Waals surface area contributed by atoms with E-state index in [2.05, 4.69) is 26.8 Å². The van der Waals surface area contributed by atoms with E-state index in [0.717, 1.165) is 15.8 Å². The maximum atomic E-state index is 13.1. The van der Waals surface area contributed by atoms with Crippen molar-refractivity contribution in [3.8, 4) is 0 Å². The van der Waals surface area contributed by atoms with E-state index in [-0.39, 0.29) is 30.6 Å².